The molecule has 15 heteroatoms. The van der Waals surface area contributed by atoms with Crippen LogP contribution in [0.4, 0.5) is 0 Å². The van der Waals surface area contributed by atoms with Gasteiger partial charge in [-0.2, -0.15) is 16.8 Å². The number of hydrogen-bond donors (Lipinski definition) is 3. The van der Waals surface area contributed by atoms with Crippen molar-refractivity contribution in [2.45, 2.75) is 23.0 Å². The molecule has 23 heavy (non-hydrogen) atoms. The third-order valence-electron chi connectivity index (χ3n) is 2.53. The molecular formula is C8H8O13S2. The Hall–Kier alpha value is -1.94. The van der Waals surface area contributed by atoms with Crippen molar-refractivity contribution < 1.29 is 59.7 Å². The zero-order valence-electron chi connectivity index (χ0n) is 10.7. The summed E-state index contributed by atoms with van der Waals surface area (Å²) in [5.74, 6) is -8.12. The molecule has 1 saturated heterocycles. The molecule has 0 bridgehead atoms. The summed E-state index contributed by atoms with van der Waals surface area (Å²) in [6.07, 6.45) is -3.42. The summed E-state index contributed by atoms with van der Waals surface area (Å²) in [6, 6.07) is 0. The van der Waals surface area contributed by atoms with E-state index in [2.05, 4.69) is 9.47 Å². The number of esters is 4. The van der Waals surface area contributed by atoms with Gasteiger partial charge in [0.25, 0.3) is 10.1 Å². The number of hydrogen-bond acceptors (Lipinski definition) is 11. The first kappa shape index (κ1) is 19.1. The Kier molecular flexibility index (Phi) is 4.93. The molecule has 130 valence electrons. The van der Waals surface area contributed by atoms with Crippen molar-refractivity contribution in [1.29, 1.82) is 0 Å². The molecule has 1 fully saturated rings. The van der Waals surface area contributed by atoms with Crippen molar-refractivity contribution in [3.8, 4) is 0 Å². The Labute approximate surface area is 127 Å². The Morgan fingerprint density at radius 3 is 1.91 bits per heavy atom. The minimum Gasteiger partial charge on any atom is -0.392 e. The van der Waals surface area contributed by atoms with Crippen LogP contribution in [0.2, 0.25) is 0 Å². The Morgan fingerprint density at radius 2 is 1.48 bits per heavy atom. The van der Waals surface area contributed by atoms with E-state index in [4.69, 9.17) is 9.11 Å². The normalized spacial score (nSPS) is 28.0. The smallest absolute Gasteiger partial charge is 0.365 e. The molecule has 2 unspecified atom stereocenters. The maximum absolute atomic E-state index is 11.5. The first-order chi connectivity index (χ1) is 10.2. The summed E-state index contributed by atoms with van der Waals surface area (Å²) in [5, 5.41) is 6.93. The fourth-order valence-corrected chi connectivity index (χ4v) is 2.56. The van der Waals surface area contributed by atoms with Crippen molar-refractivity contribution in [3.63, 3.8) is 0 Å². The summed E-state index contributed by atoms with van der Waals surface area (Å²) in [4.78, 5) is 41.5. The average molecular weight is 376 g/mol. The monoisotopic (exact) mass is 376 g/mol. The van der Waals surface area contributed by atoms with Crippen LogP contribution in [0.25, 0.3) is 0 Å². The van der Waals surface area contributed by atoms with E-state index in [1.807, 2.05) is 0 Å². The molecule has 1 aliphatic rings. The van der Waals surface area contributed by atoms with Gasteiger partial charge in [0.1, 0.15) is 6.42 Å². The quantitative estimate of drug-likeness (QED) is 0.245. The van der Waals surface area contributed by atoms with Crippen LogP contribution >= 0.6 is 0 Å². The third-order valence-corrected chi connectivity index (χ3v) is 4.77. The predicted octanol–water partition coefficient (Wildman–Crippen LogP) is -3.25. The van der Waals surface area contributed by atoms with Crippen LogP contribution in [0.1, 0.15) is 12.8 Å². The maximum Gasteiger partial charge on any atom is 0.365 e. The van der Waals surface area contributed by atoms with Crippen molar-refractivity contribution in [2.75, 3.05) is 0 Å². The van der Waals surface area contributed by atoms with Crippen molar-refractivity contribution >= 4 is 44.1 Å². The summed E-state index contributed by atoms with van der Waals surface area (Å²) >= 11 is 0. The van der Waals surface area contributed by atoms with E-state index in [0.717, 1.165) is 0 Å². The summed E-state index contributed by atoms with van der Waals surface area (Å²) < 4.78 is 69.1. The highest BCUT2D eigenvalue weighted by molar-refractivity contribution is 7.88. The van der Waals surface area contributed by atoms with E-state index in [9.17, 15) is 41.1 Å². The molecular weight excluding hydrogens is 368 g/mol. The van der Waals surface area contributed by atoms with Gasteiger partial charge < -0.3 is 14.6 Å². The topological polar surface area (TPSA) is 216 Å². The average Bonchev–Trinajstić information content (AvgIpc) is 2.31. The van der Waals surface area contributed by atoms with Crippen molar-refractivity contribution in [1.82, 2.24) is 0 Å². The van der Waals surface area contributed by atoms with E-state index < -0.39 is 67.1 Å². The number of cyclic esters (lactones) is 4. The van der Waals surface area contributed by atoms with Gasteiger partial charge in [-0.3, -0.25) is 23.5 Å². The van der Waals surface area contributed by atoms with Crippen LogP contribution in [0.15, 0.2) is 0 Å². The van der Waals surface area contributed by atoms with Crippen LogP contribution in [-0.4, -0.2) is 65.1 Å². The molecule has 0 aromatic heterocycles. The molecule has 0 radical (unpaired) electrons. The second kappa shape index (κ2) is 5.93. The van der Waals surface area contributed by atoms with Gasteiger partial charge in [-0.25, -0.2) is 4.79 Å². The van der Waals surface area contributed by atoms with Crippen molar-refractivity contribution in [3.05, 3.63) is 0 Å². The van der Waals surface area contributed by atoms with Gasteiger partial charge >= 0.3 is 38.9 Å². The van der Waals surface area contributed by atoms with Crippen LogP contribution in [0.3, 0.4) is 0 Å². The molecule has 3 N–H and O–H groups in total. The van der Waals surface area contributed by atoms with Gasteiger partial charge in [0.15, 0.2) is 5.25 Å². The standard InChI is InChI=1S/C8H8O13S2/c9-4-1-3(22(14,15)16)6(11)20-5(10)2-8(13,7(12)21-4)23(17,18)19/h3,13H,1-2H2,(H,14,15,16)(H,17,18,19). The van der Waals surface area contributed by atoms with E-state index in [-0.39, 0.29) is 0 Å². The first-order valence-corrected chi connectivity index (χ1v) is 8.28. The van der Waals surface area contributed by atoms with Gasteiger partial charge in [-0.15, -0.1) is 0 Å². The Bertz CT molecular complexity index is 775. The fraction of sp³-hybridized carbons (Fsp3) is 0.500. The predicted molar refractivity (Wildman–Crippen MR) is 63.3 cm³/mol. The van der Waals surface area contributed by atoms with E-state index >= 15 is 0 Å². The van der Waals surface area contributed by atoms with Gasteiger partial charge in [0.05, 0.1) is 6.42 Å². The minimum absolute atomic E-state index is 1.53. The van der Waals surface area contributed by atoms with Crippen LogP contribution < -0.4 is 0 Å². The molecule has 0 aromatic carbocycles. The second-order valence-corrected chi connectivity index (χ2v) is 7.42. The summed E-state index contributed by atoms with van der Waals surface area (Å²) in [6.45, 7) is 0. The SMILES string of the molecule is O=C1CC(O)(S(=O)(=O)O)C(=O)OC(=O)CC(S(=O)(=O)O)C(=O)O1. The Morgan fingerprint density at radius 1 is 0.957 bits per heavy atom. The lowest BCUT2D eigenvalue weighted by Gasteiger charge is -2.22. The lowest BCUT2D eigenvalue weighted by Crippen LogP contribution is -2.51. The van der Waals surface area contributed by atoms with Crippen LogP contribution in [0.5, 0.6) is 0 Å². The van der Waals surface area contributed by atoms with Crippen LogP contribution in [0, 0.1) is 0 Å². The number of rotatable bonds is 2. The molecule has 1 rings (SSSR count). The number of aliphatic hydroxyl groups is 1. The van der Waals surface area contributed by atoms with E-state index in [1.54, 1.807) is 0 Å². The number of carbonyl (C=O) groups excluding carboxylic acids is 4. The molecule has 13 nitrogen and oxygen atoms in total. The fourth-order valence-electron chi connectivity index (χ4n) is 1.36. The molecule has 0 saturated carbocycles. The largest absolute Gasteiger partial charge is 0.392 e. The van der Waals surface area contributed by atoms with Crippen molar-refractivity contribution in [2.24, 2.45) is 0 Å². The van der Waals surface area contributed by atoms with Gasteiger partial charge in [0, 0.05) is 0 Å². The number of carbonyl (C=O) groups is 4. The zero-order valence-corrected chi connectivity index (χ0v) is 12.4. The summed E-state index contributed by atoms with van der Waals surface area (Å²) in [5.41, 5.74) is 0. The highest BCUT2D eigenvalue weighted by atomic mass is 32.2. The first-order valence-electron chi connectivity index (χ1n) is 5.34. The highest BCUT2D eigenvalue weighted by Crippen LogP contribution is 2.23. The lowest BCUT2D eigenvalue weighted by atomic mass is 10.2. The zero-order chi connectivity index (χ0) is 18.2. The molecule has 0 aromatic rings. The number of ether oxygens (including phenoxy) is 2. The molecule has 0 spiro atoms. The van der Waals surface area contributed by atoms with Gasteiger partial charge in [-0.1, -0.05) is 0 Å². The van der Waals surface area contributed by atoms with Gasteiger partial charge in [0.2, 0.25) is 0 Å². The molecule has 2 atom stereocenters. The molecule has 1 aliphatic heterocycles. The van der Waals surface area contributed by atoms with E-state index in [1.165, 1.54) is 0 Å². The second-order valence-electron chi connectivity index (χ2n) is 4.20. The van der Waals surface area contributed by atoms with Gasteiger partial charge in [-0.05, 0) is 0 Å². The van der Waals surface area contributed by atoms with Crippen LogP contribution in [-0.2, 0) is 48.9 Å². The summed E-state index contributed by atoms with van der Waals surface area (Å²) in [7, 11) is -11.0. The molecule has 0 aliphatic carbocycles. The third kappa shape index (κ3) is 4.08. The molecule has 1 heterocycles. The highest BCUT2D eigenvalue weighted by Gasteiger charge is 2.55. The molecule has 0 amide bonds. The maximum atomic E-state index is 11.5. The lowest BCUT2D eigenvalue weighted by molar-refractivity contribution is -0.177. The minimum atomic E-state index is -5.71. The Balaban J connectivity index is 3.35. The van der Waals surface area contributed by atoms with E-state index in [0.29, 0.717) is 0 Å².